The van der Waals surface area contributed by atoms with E-state index >= 15 is 0 Å². The van der Waals surface area contributed by atoms with Crippen molar-refractivity contribution in [1.82, 2.24) is 0 Å². The highest BCUT2D eigenvalue weighted by atomic mass is 79.9. The van der Waals surface area contributed by atoms with Gasteiger partial charge in [-0.25, -0.2) is 0 Å². The number of halogens is 1. The SMILES string of the molecule is Cc1cc(Br)ccc1NC(=O)c1ccccc1CCc1ccccc1. The Balaban J connectivity index is 1.76. The van der Waals surface area contributed by atoms with Gasteiger partial charge < -0.3 is 5.32 Å². The van der Waals surface area contributed by atoms with Crippen molar-refractivity contribution in [2.75, 3.05) is 5.32 Å². The van der Waals surface area contributed by atoms with Gasteiger partial charge in [-0.05, 0) is 60.7 Å². The molecular weight excluding hydrogens is 374 g/mol. The topological polar surface area (TPSA) is 29.1 Å². The summed E-state index contributed by atoms with van der Waals surface area (Å²) in [4.78, 5) is 12.8. The number of carbonyl (C=O) groups excluding carboxylic acids is 1. The van der Waals surface area contributed by atoms with Gasteiger partial charge in [0.15, 0.2) is 0 Å². The van der Waals surface area contributed by atoms with Crippen LogP contribution in [0.4, 0.5) is 5.69 Å². The molecule has 0 aliphatic rings. The zero-order chi connectivity index (χ0) is 17.6. The van der Waals surface area contributed by atoms with Crippen LogP contribution in [-0.2, 0) is 12.8 Å². The number of amides is 1. The Morgan fingerprint density at radius 3 is 2.40 bits per heavy atom. The van der Waals surface area contributed by atoms with Crippen LogP contribution in [0.3, 0.4) is 0 Å². The van der Waals surface area contributed by atoms with Gasteiger partial charge in [-0.2, -0.15) is 0 Å². The summed E-state index contributed by atoms with van der Waals surface area (Å²) in [6, 6.07) is 24.0. The molecule has 3 aromatic rings. The van der Waals surface area contributed by atoms with Gasteiger partial charge in [-0.1, -0.05) is 64.5 Å². The zero-order valence-electron chi connectivity index (χ0n) is 14.1. The van der Waals surface area contributed by atoms with Crippen molar-refractivity contribution in [3.05, 3.63) is 99.5 Å². The van der Waals surface area contributed by atoms with Crippen LogP contribution < -0.4 is 5.32 Å². The largest absolute Gasteiger partial charge is 0.322 e. The molecule has 0 saturated heterocycles. The molecule has 0 heterocycles. The van der Waals surface area contributed by atoms with Crippen molar-refractivity contribution >= 4 is 27.5 Å². The number of rotatable bonds is 5. The second-order valence-electron chi connectivity index (χ2n) is 6.06. The number of anilines is 1. The van der Waals surface area contributed by atoms with Crippen molar-refractivity contribution in [3.8, 4) is 0 Å². The third-order valence-electron chi connectivity index (χ3n) is 4.22. The summed E-state index contributed by atoms with van der Waals surface area (Å²) >= 11 is 3.45. The second-order valence-corrected chi connectivity index (χ2v) is 6.97. The molecule has 2 nitrogen and oxygen atoms in total. The summed E-state index contributed by atoms with van der Waals surface area (Å²) in [6.45, 7) is 1.99. The molecule has 0 aliphatic heterocycles. The van der Waals surface area contributed by atoms with E-state index in [1.807, 2.05) is 67.6 Å². The molecule has 126 valence electrons. The van der Waals surface area contributed by atoms with Gasteiger partial charge in [0.2, 0.25) is 0 Å². The first-order chi connectivity index (χ1) is 12.1. The average molecular weight is 394 g/mol. The first kappa shape index (κ1) is 17.4. The molecule has 0 spiro atoms. The number of hydrogen-bond acceptors (Lipinski definition) is 1. The maximum Gasteiger partial charge on any atom is 0.255 e. The predicted octanol–water partition coefficient (Wildman–Crippen LogP) is 5.80. The minimum Gasteiger partial charge on any atom is -0.322 e. The molecule has 1 N–H and O–H groups in total. The van der Waals surface area contributed by atoms with Crippen LogP contribution in [0.25, 0.3) is 0 Å². The van der Waals surface area contributed by atoms with Crippen molar-refractivity contribution in [3.63, 3.8) is 0 Å². The van der Waals surface area contributed by atoms with Crippen LogP contribution in [0.5, 0.6) is 0 Å². The summed E-state index contributed by atoms with van der Waals surface area (Å²) in [5.41, 5.74) is 4.95. The number of benzene rings is 3. The minimum atomic E-state index is -0.0610. The van der Waals surface area contributed by atoms with Gasteiger partial charge in [0.05, 0.1) is 0 Å². The van der Waals surface area contributed by atoms with Gasteiger partial charge in [0, 0.05) is 15.7 Å². The summed E-state index contributed by atoms with van der Waals surface area (Å²) in [5, 5.41) is 3.03. The highest BCUT2D eigenvalue weighted by Gasteiger charge is 2.12. The van der Waals surface area contributed by atoms with Crippen LogP contribution in [0, 0.1) is 6.92 Å². The second kappa shape index (κ2) is 8.13. The van der Waals surface area contributed by atoms with Gasteiger partial charge in [0.25, 0.3) is 5.91 Å². The molecule has 3 rings (SSSR count). The van der Waals surface area contributed by atoms with E-state index < -0.39 is 0 Å². The predicted molar refractivity (Wildman–Crippen MR) is 107 cm³/mol. The van der Waals surface area contributed by atoms with Crippen molar-refractivity contribution in [2.45, 2.75) is 19.8 Å². The molecular formula is C22H20BrNO. The molecule has 0 unspecified atom stereocenters. The average Bonchev–Trinajstić information content (AvgIpc) is 2.63. The smallest absolute Gasteiger partial charge is 0.255 e. The molecule has 1 amide bonds. The lowest BCUT2D eigenvalue weighted by Gasteiger charge is -2.12. The van der Waals surface area contributed by atoms with Crippen molar-refractivity contribution in [2.24, 2.45) is 0 Å². The Morgan fingerprint density at radius 2 is 1.64 bits per heavy atom. The summed E-state index contributed by atoms with van der Waals surface area (Å²) < 4.78 is 1.01. The lowest BCUT2D eigenvalue weighted by molar-refractivity contribution is 0.102. The first-order valence-electron chi connectivity index (χ1n) is 8.33. The van der Waals surface area contributed by atoms with Crippen molar-refractivity contribution < 1.29 is 4.79 Å². The van der Waals surface area contributed by atoms with Gasteiger partial charge in [-0.3, -0.25) is 4.79 Å². The summed E-state index contributed by atoms with van der Waals surface area (Å²) in [7, 11) is 0. The summed E-state index contributed by atoms with van der Waals surface area (Å²) in [6.07, 6.45) is 1.76. The number of nitrogens with one attached hydrogen (secondary N) is 1. The summed E-state index contributed by atoms with van der Waals surface area (Å²) in [5.74, 6) is -0.0610. The highest BCUT2D eigenvalue weighted by Crippen LogP contribution is 2.21. The van der Waals surface area contributed by atoms with E-state index in [1.165, 1.54) is 5.56 Å². The fraction of sp³-hybridized carbons (Fsp3) is 0.136. The molecule has 3 aromatic carbocycles. The van der Waals surface area contributed by atoms with Crippen LogP contribution in [0.2, 0.25) is 0 Å². The van der Waals surface area contributed by atoms with Gasteiger partial charge >= 0.3 is 0 Å². The van der Waals surface area contributed by atoms with Gasteiger partial charge in [-0.15, -0.1) is 0 Å². The molecule has 25 heavy (non-hydrogen) atoms. The third-order valence-corrected chi connectivity index (χ3v) is 4.72. The monoisotopic (exact) mass is 393 g/mol. The lowest BCUT2D eigenvalue weighted by Crippen LogP contribution is -2.15. The molecule has 0 atom stereocenters. The number of aryl methyl sites for hydroxylation is 3. The Hall–Kier alpha value is -2.39. The molecule has 3 heteroatoms. The maximum atomic E-state index is 12.8. The van der Waals surface area contributed by atoms with Crippen LogP contribution in [0.1, 0.15) is 27.0 Å². The Bertz CT molecular complexity index is 874. The van der Waals surface area contributed by atoms with E-state index in [9.17, 15) is 4.79 Å². The van der Waals surface area contributed by atoms with E-state index in [4.69, 9.17) is 0 Å². The first-order valence-corrected chi connectivity index (χ1v) is 9.12. The lowest BCUT2D eigenvalue weighted by atomic mass is 9.99. The van der Waals surface area contributed by atoms with Crippen LogP contribution in [-0.4, -0.2) is 5.91 Å². The standard InChI is InChI=1S/C22H20BrNO/c1-16-15-19(23)13-14-21(16)24-22(25)20-10-6-5-9-18(20)12-11-17-7-3-2-4-8-17/h2-10,13-15H,11-12H2,1H3,(H,24,25). The fourth-order valence-electron chi connectivity index (χ4n) is 2.84. The van der Waals surface area contributed by atoms with E-state index in [0.29, 0.717) is 0 Å². The Morgan fingerprint density at radius 1 is 0.920 bits per heavy atom. The van der Waals surface area contributed by atoms with E-state index in [1.54, 1.807) is 0 Å². The molecule has 0 fully saturated rings. The normalized spacial score (nSPS) is 10.5. The zero-order valence-corrected chi connectivity index (χ0v) is 15.7. The molecule has 0 saturated carbocycles. The van der Waals surface area contributed by atoms with Crippen LogP contribution in [0.15, 0.2) is 77.3 Å². The Kier molecular flexibility index (Phi) is 5.67. The highest BCUT2D eigenvalue weighted by molar-refractivity contribution is 9.10. The Labute approximate surface area is 157 Å². The minimum absolute atomic E-state index is 0.0610. The molecule has 0 radical (unpaired) electrons. The van der Waals surface area contributed by atoms with Gasteiger partial charge in [0.1, 0.15) is 0 Å². The number of carbonyl (C=O) groups is 1. The molecule has 0 bridgehead atoms. The molecule has 0 aromatic heterocycles. The fourth-order valence-corrected chi connectivity index (χ4v) is 3.32. The molecule has 0 aliphatic carbocycles. The van der Waals surface area contributed by atoms with Crippen molar-refractivity contribution in [1.29, 1.82) is 0 Å². The number of hydrogen-bond donors (Lipinski definition) is 1. The third kappa shape index (κ3) is 4.58. The quantitative estimate of drug-likeness (QED) is 0.583. The van der Waals surface area contributed by atoms with E-state index in [0.717, 1.165) is 39.7 Å². The maximum absolute atomic E-state index is 12.8. The van der Waals surface area contributed by atoms with Crippen LogP contribution >= 0.6 is 15.9 Å². The van der Waals surface area contributed by atoms with E-state index in [-0.39, 0.29) is 5.91 Å². The van der Waals surface area contributed by atoms with E-state index in [2.05, 4.69) is 33.4 Å².